The van der Waals surface area contributed by atoms with Crippen molar-refractivity contribution in [3.05, 3.63) is 64.0 Å². The minimum absolute atomic E-state index is 0.0811. The van der Waals surface area contributed by atoms with E-state index in [1.165, 1.54) is 0 Å². The maximum atomic E-state index is 6.21. The molecular weight excluding hydrogens is 359 g/mol. The van der Waals surface area contributed by atoms with Crippen molar-refractivity contribution in [3.8, 4) is 0 Å². The summed E-state index contributed by atoms with van der Waals surface area (Å²) in [6.07, 6.45) is 2.57. The molecule has 3 aromatic rings. The van der Waals surface area contributed by atoms with Crippen molar-refractivity contribution in [1.29, 1.82) is 0 Å². The van der Waals surface area contributed by atoms with Gasteiger partial charge in [0.05, 0.1) is 6.04 Å². The third kappa shape index (κ3) is 4.21. The number of fused-ring (bicyclic) bond motifs is 1. The monoisotopic (exact) mass is 376 g/mol. The van der Waals surface area contributed by atoms with E-state index >= 15 is 0 Å². The van der Waals surface area contributed by atoms with Crippen molar-refractivity contribution in [2.45, 2.75) is 19.4 Å². The van der Waals surface area contributed by atoms with Gasteiger partial charge in [0.15, 0.2) is 11.6 Å². The Morgan fingerprint density at radius 2 is 2.12 bits per heavy atom. The highest BCUT2D eigenvalue weighted by molar-refractivity contribution is 6.35. The molecule has 0 spiro atoms. The number of aliphatic imine (C=N–C) groups is 1. The Morgan fingerprint density at radius 3 is 2.92 bits per heavy atom. The second-order valence-corrected chi connectivity index (χ2v) is 6.44. The summed E-state index contributed by atoms with van der Waals surface area (Å²) in [5, 5.41) is 12.6. The van der Waals surface area contributed by atoms with Gasteiger partial charge in [-0.1, -0.05) is 35.3 Å². The number of nitrogens with zero attached hydrogens (tertiary/aromatic N) is 4. The largest absolute Gasteiger partial charge is 0.370 e. The average molecular weight is 377 g/mol. The van der Waals surface area contributed by atoms with E-state index in [1.807, 2.05) is 41.8 Å². The van der Waals surface area contributed by atoms with Crippen LogP contribution < -0.4 is 11.1 Å². The van der Waals surface area contributed by atoms with Gasteiger partial charge in [-0.3, -0.25) is 9.39 Å². The number of guanidine groups is 1. The van der Waals surface area contributed by atoms with Crippen molar-refractivity contribution in [2.75, 3.05) is 6.54 Å². The molecule has 0 fully saturated rings. The summed E-state index contributed by atoms with van der Waals surface area (Å²) in [6.45, 7) is 2.47. The Bertz CT molecular complexity index is 905. The zero-order valence-corrected chi connectivity index (χ0v) is 15.2. The van der Waals surface area contributed by atoms with Crippen LogP contribution in [0.4, 0.5) is 0 Å². The lowest BCUT2D eigenvalue weighted by molar-refractivity contribution is 0.706. The standard InChI is InChI=1S/C17H18Cl2N6/c1-11(13-6-5-12(18)10-14(13)19)22-17(20)21-8-7-16-24-23-15-4-2-3-9-25(15)16/h2-6,9-11H,7-8H2,1H3,(H3,20,21,22). The van der Waals surface area contributed by atoms with Crippen molar-refractivity contribution < 1.29 is 0 Å². The highest BCUT2D eigenvalue weighted by Gasteiger charge is 2.11. The Morgan fingerprint density at radius 1 is 1.28 bits per heavy atom. The molecule has 1 unspecified atom stereocenters. The quantitative estimate of drug-likeness (QED) is 0.528. The maximum Gasteiger partial charge on any atom is 0.189 e. The van der Waals surface area contributed by atoms with Gasteiger partial charge in [0.25, 0.3) is 0 Å². The molecule has 6 nitrogen and oxygen atoms in total. The zero-order valence-electron chi connectivity index (χ0n) is 13.7. The van der Waals surface area contributed by atoms with Gasteiger partial charge in [-0.2, -0.15) is 0 Å². The number of pyridine rings is 1. The fourth-order valence-corrected chi connectivity index (χ4v) is 3.11. The first-order chi connectivity index (χ1) is 12.0. The summed E-state index contributed by atoms with van der Waals surface area (Å²) in [5.41, 5.74) is 7.70. The number of nitrogens with one attached hydrogen (secondary N) is 1. The zero-order chi connectivity index (χ0) is 17.8. The van der Waals surface area contributed by atoms with Crippen LogP contribution in [-0.2, 0) is 6.42 Å². The van der Waals surface area contributed by atoms with E-state index in [-0.39, 0.29) is 6.04 Å². The normalized spacial score (nSPS) is 13.2. The van der Waals surface area contributed by atoms with Gasteiger partial charge >= 0.3 is 0 Å². The molecule has 2 aromatic heterocycles. The highest BCUT2D eigenvalue weighted by atomic mass is 35.5. The predicted molar refractivity (Wildman–Crippen MR) is 101 cm³/mol. The second-order valence-electron chi connectivity index (χ2n) is 5.59. The van der Waals surface area contributed by atoms with Gasteiger partial charge in [-0.25, -0.2) is 0 Å². The predicted octanol–water partition coefficient (Wildman–Crippen LogP) is 3.24. The molecule has 25 heavy (non-hydrogen) atoms. The summed E-state index contributed by atoms with van der Waals surface area (Å²) in [5.74, 6) is 1.20. The Labute approximate surface area is 155 Å². The molecule has 0 aliphatic rings. The van der Waals surface area contributed by atoms with Gasteiger partial charge in [-0.05, 0) is 36.8 Å². The van der Waals surface area contributed by atoms with Crippen LogP contribution in [0.25, 0.3) is 5.65 Å². The Kier molecular flexibility index (Phi) is 5.40. The number of nitrogens with two attached hydrogens (primary N) is 1. The molecule has 0 saturated carbocycles. The summed E-state index contributed by atoms with van der Waals surface area (Å²) in [4.78, 5) is 4.35. The molecule has 0 amide bonds. The molecule has 3 rings (SSSR count). The van der Waals surface area contributed by atoms with Gasteiger partial charge in [-0.15, -0.1) is 10.2 Å². The molecule has 2 heterocycles. The van der Waals surface area contributed by atoms with Crippen molar-refractivity contribution >= 4 is 34.8 Å². The molecule has 1 aromatic carbocycles. The molecule has 130 valence electrons. The first kappa shape index (κ1) is 17.5. The highest BCUT2D eigenvalue weighted by Crippen LogP contribution is 2.25. The second kappa shape index (κ2) is 7.72. The van der Waals surface area contributed by atoms with Crippen molar-refractivity contribution in [2.24, 2.45) is 10.7 Å². The van der Waals surface area contributed by atoms with E-state index in [2.05, 4.69) is 20.5 Å². The van der Waals surface area contributed by atoms with Crippen LogP contribution in [0.3, 0.4) is 0 Å². The Balaban J connectivity index is 1.60. The van der Waals surface area contributed by atoms with Crippen LogP contribution in [0.15, 0.2) is 47.6 Å². The van der Waals surface area contributed by atoms with Crippen LogP contribution in [0, 0.1) is 0 Å². The molecular formula is C17H18Cl2N6. The maximum absolute atomic E-state index is 6.21. The molecule has 0 saturated heterocycles. The fourth-order valence-electron chi connectivity index (χ4n) is 2.54. The number of benzene rings is 1. The van der Waals surface area contributed by atoms with Crippen LogP contribution in [0.5, 0.6) is 0 Å². The molecule has 0 aliphatic heterocycles. The smallest absolute Gasteiger partial charge is 0.189 e. The van der Waals surface area contributed by atoms with Crippen LogP contribution in [0.1, 0.15) is 24.4 Å². The summed E-state index contributed by atoms with van der Waals surface area (Å²) in [6, 6.07) is 11.1. The summed E-state index contributed by atoms with van der Waals surface area (Å²) >= 11 is 12.1. The minimum atomic E-state index is -0.0811. The number of hydrogen-bond acceptors (Lipinski definition) is 3. The molecule has 0 aliphatic carbocycles. The third-order valence-corrected chi connectivity index (χ3v) is 4.36. The molecule has 0 bridgehead atoms. The van der Waals surface area contributed by atoms with Gasteiger partial charge in [0, 0.05) is 29.2 Å². The molecule has 1 atom stereocenters. The lowest BCUT2D eigenvalue weighted by Gasteiger charge is -2.16. The van der Waals surface area contributed by atoms with E-state index < -0.39 is 0 Å². The van der Waals surface area contributed by atoms with Crippen LogP contribution in [0.2, 0.25) is 10.0 Å². The number of rotatable bonds is 5. The Hall–Kier alpha value is -2.31. The van der Waals surface area contributed by atoms with Gasteiger partial charge < -0.3 is 11.1 Å². The van der Waals surface area contributed by atoms with Crippen LogP contribution in [-0.4, -0.2) is 27.1 Å². The molecule has 0 radical (unpaired) electrons. The number of aromatic nitrogens is 3. The van der Waals surface area contributed by atoms with Gasteiger partial charge in [0.2, 0.25) is 0 Å². The lowest BCUT2D eigenvalue weighted by Crippen LogP contribution is -2.34. The molecule has 3 N–H and O–H groups in total. The first-order valence-corrected chi connectivity index (χ1v) is 8.60. The fraction of sp³-hybridized carbons (Fsp3) is 0.235. The third-order valence-electron chi connectivity index (χ3n) is 3.80. The molecule has 8 heteroatoms. The van der Waals surface area contributed by atoms with E-state index in [0.717, 1.165) is 17.0 Å². The first-order valence-electron chi connectivity index (χ1n) is 7.84. The minimum Gasteiger partial charge on any atom is -0.370 e. The van der Waals surface area contributed by atoms with E-state index in [0.29, 0.717) is 29.0 Å². The number of hydrogen-bond donors (Lipinski definition) is 2. The van der Waals surface area contributed by atoms with Crippen molar-refractivity contribution in [1.82, 2.24) is 19.9 Å². The average Bonchev–Trinajstić information content (AvgIpc) is 2.98. The summed E-state index contributed by atoms with van der Waals surface area (Å²) < 4.78 is 1.94. The number of halogens is 2. The lowest BCUT2D eigenvalue weighted by atomic mass is 10.1. The van der Waals surface area contributed by atoms with E-state index in [1.54, 1.807) is 12.1 Å². The van der Waals surface area contributed by atoms with E-state index in [9.17, 15) is 0 Å². The van der Waals surface area contributed by atoms with Crippen LogP contribution >= 0.6 is 23.2 Å². The van der Waals surface area contributed by atoms with Gasteiger partial charge in [0.1, 0.15) is 5.82 Å². The SMILES string of the molecule is CC(NC(N)=NCCc1nnc2ccccn12)c1ccc(Cl)cc1Cl. The summed E-state index contributed by atoms with van der Waals surface area (Å²) in [7, 11) is 0. The van der Waals surface area contributed by atoms with Crippen molar-refractivity contribution in [3.63, 3.8) is 0 Å². The topological polar surface area (TPSA) is 80.6 Å². The van der Waals surface area contributed by atoms with E-state index in [4.69, 9.17) is 28.9 Å².